The summed E-state index contributed by atoms with van der Waals surface area (Å²) in [5, 5.41) is 0.153. The summed E-state index contributed by atoms with van der Waals surface area (Å²) in [4.78, 5) is 6.43. The van der Waals surface area contributed by atoms with E-state index in [1.165, 1.54) is 0 Å². The fourth-order valence-corrected chi connectivity index (χ4v) is 4.25. The van der Waals surface area contributed by atoms with Gasteiger partial charge in [0.05, 0.1) is 0 Å². The van der Waals surface area contributed by atoms with Gasteiger partial charge in [-0.3, -0.25) is 0 Å². The summed E-state index contributed by atoms with van der Waals surface area (Å²) < 4.78 is 28.8. The number of hydrogen-bond acceptors (Lipinski definition) is 4. The Kier molecular flexibility index (Phi) is 4.21. The quantitative estimate of drug-likeness (QED) is 0.819. The molecular weight excluding hydrogens is 288 g/mol. The summed E-state index contributed by atoms with van der Waals surface area (Å²) >= 11 is 0. The maximum atomic E-state index is 12.8. The zero-order chi connectivity index (χ0) is 16.0. The van der Waals surface area contributed by atoms with Crippen molar-refractivity contribution in [2.24, 2.45) is 12.5 Å². The summed E-state index contributed by atoms with van der Waals surface area (Å²) in [5.74, 6) is 0.704. The van der Waals surface area contributed by atoms with Crippen LogP contribution in [0.1, 0.15) is 26.6 Å². The molecule has 2 rings (SSSR count). The molecule has 0 radical (unpaired) electrons. The van der Waals surface area contributed by atoms with E-state index in [9.17, 15) is 8.42 Å². The van der Waals surface area contributed by atoms with Crippen molar-refractivity contribution < 1.29 is 8.42 Å². The highest BCUT2D eigenvalue weighted by atomic mass is 32.2. The predicted octanol–water partition coefficient (Wildman–Crippen LogP) is 1.08. The minimum Gasteiger partial charge on any atom is -0.337 e. The van der Waals surface area contributed by atoms with Crippen LogP contribution in [0.25, 0.3) is 0 Å². The number of imidazole rings is 1. The zero-order valence-corrected chi connectivity index (χ0v) is 14.6. The molecule has 1 aromatic heterocycles. The predicted molar refractivity (Wildman–Crippen MR) is 82.6 cm³/mol. The molecule has 0 N–H and O–H groups in total. The summed E-state index contributed by atoms with van der Waals surface area (Å²) in [6.07, 6.45) is 1.59. The zero-order valence-electron chi connectivity index (χ0n) is 13.8. The van der Waals surface area contributed by atoms with E-state index in [4.69, 9.17) is 0 Å². The average Bonchev–Trinajstić information content (AvgIpc) is 2.69. The lowest BCUT2D eigenvalue weighted by Gasteiger charge is -2.44. The highest BCUT2D eigenvalue weighted by molar-refractivity contribution is 7.89. The molecule has 1 aromatic rings. The van der Waals surface area contributed by atoms with Crippen molar-refractivity contribution in [1.82, 2.24) is 18.8 Å². The number of piperazine rings is 1. The first-order chi connectivity index (χ1) is 9.53. The van der Waals surface area contributed by atoms with E-state index in [1.54, 1.807) is 22.0 Å². The Morgan fingerprint density at radius 2 is 1.86 bits per heavy atom. The molecule has 7 heteroatoms. The molecule has 6 nitrogen and oxygen atoms in total. The molecule has 1 aliphatic rings. The highest BCUT2D eigenvalue weighted by Crippen LogP contribution is 2.29. The number of aromatic nitrogens is 2. The van der Waals surface area contributed by atoms with E-state index in [0.29, 0.717) is 18.9 Å². The van der Waals surface area contributed by atoms with Crippen molar-refractivity contribution >= 4 is 10.0 Å². The lowest BCUT2D eigenvalue weighted by atomic mass is 9.85. The highest BCUT2D eigenvalue weighted by Gasteiger charge is 2.38. The SMILES string of the molecule is Cc1nc(S(=O)(=O)N2CCN(C)C(C(C)(C)C)C2)cn1C. The van der Waals surface area contributed by atoms with E-state index < -0.39 is 10.0 Å². The Balaban J connectivity index is 2.29. The monoisotopic (exact) mass is 314 g/mol. The van der Waals surface area contributed by atoms with Crippen molar-refractivity contribution in [3.8, 4) is 0 Å². The van der Waals surface area contributed by atoms with E-state index in [2.05, 4.69) is 37.7 Å². The summed E-state index contributed by atoms with van der Waals surface area (Å²) in [6.45, 7) is 10.0. The normalized spacial score (nSPS) is 22.7. The molecular formula is C14H26N4O2S. The molecule has 1 aliphatic heterocycles. The van der Waals surface area contributed by atoms with Gasteiger partial charge in [-0.1, -0.05) is 20.8 Å². The molecule has 1 atom stereocenters. The van der Waals surface area contributed by atoms with Gasteiger partial charge in [-0.2, -0.15) is 4.31 Å². The second kappa shape index (κ2) is 5.37. The topological polar surface area (TPSA) is 58.4 Å². The van der Waals surface area contributed by atoms with Crippen LogP contribution < -0.4 is 0 Å². The third-order valence-electron chi connectivity index (χ3n) is 4.30. The van der Waals surface area contributed by atoms with Crippen LogP contribution in [0.2, 0.25) is 0 Å². The Bertz CT molecular complexity index is 596. The van der Waals surface area contributed by atoms with Gasteiger partial charge in [-0.15, -0.1) is 0 Å². The van der Waals surface area contributed by atoms with E-state index in [1.807, 2.05) is 7.05 Å². The lowest BCUT2D eigenvalue weighted by molar-refractivity contribution is 0.0670. The first kappa shape index (κ1) is 16.5. The van der Waals surface area contributed by atoms with Gasteiger partial charge >= 0.3 is 0 Å². The van der Waals surface area contributed by atoms with E-state index in [-0.39, 0.29) is 16.5 Å². The standard InChI is InChI=1S/C14H26N4O2S/c1-11-15-13(10-17(11)6)21(19,20)18-8-7-16(5)12(9-18)14(2,3)4/h10,12H,7-9H2,1-6H3. The van der Waals surface area contributed by atoms with Gasteiger partial charge in [-0.05, 0) is 19.4 Å². The van der Waals surface area contributed by atoms with Crippen LogP contribution in [0.5, 0.6) is 0 Å². The molecule has 21 heavy (non-hydrogen) atoms. The smallest absolute Gasteiger partial charge is 0.262 e. The third-order valence-corrected chi connectivity index (χ3v) is 6.04. The van der Waals surface area contributed by atoms with Crippen LogP contribution in [0.4, 0.5) is 0 Å². The number of nitrogens with zero attached hydrogens (tertiary/aromatic N) is 4. The molecule has 1 saturated heterocycles. The Labute approximate surface area is 127 Å². The molecule has 0 amide bonds. The molecule has 0 spiro atoms. The van der Waals surface area contributed by atoms with Crippen LogP contribution in [0, 0.1) is 12.3 Å². The third kappa shape index (κ3) is 3.14. The van der Waals surface area contributed by atoms with Gasteiger partial charge in [-0.25, -0.2) is 13.4 Å². The van der Waals surface area contributed by atoms with E-state index >= 15 is 0 Å². The van der Waals surface area contributed by atoms with Crippen molar-refractivity contribution in [2.75, 3.05) is 26.7 Å². The Hall–Kier alpha value is -0.920. The molecule has 1 fully saturated rings. The van der Waals surface area contributed by atoms with Gasteiger partial charge in [0.25, 0.3) is 10.0 Å². The van der Waals surface area contributed by atoms with Crippen molar-refractivity contribution in [3.63, 3.8) is 0 Å². The van der Waals surface area contributed by atoms with Gasteiger partial charge < -0.3 is 9.47 Å². The van der Waals surface area contributed by atoms with Crippen LogP contribution in [0.15, 0.2) is 11.2 Å². The largest absolute Gasteiger partial charge is 0.337 e. The number of aryl methyl sites for hydroxylation is 2. The Morgan fingerprint density at radius 3 is 2.33 bits per heavy atom. The molecule has 0 aromatic carbocycles. The Morgan fingerprint density at radius 1 is 1.24 bits per heavy atom. The first-order valence-electron chi connectivity index (χ1n) is 7.24. The fraction of sp³-hybridized carbons (Fsp3) is 0.786. The number of rotatable bonds is 2. The van der Waals surface area contributed by atoms with Gasteiger partial charge in [0, 0.05) is 38.9 Å². The van der Waals surface area contributed by atoms with Crippen LogP contribution in [0.3, 0.4) is 0 Å². The van der Waals surface area contributed by atoms with Crippen LogP contribution >= 0.6 is 0 Å². The average molecular weight is 314 g/mol. The van der Waals surface area contributed by atoms with Crippen molar-refractivity contribution in [2.45, 2.75) is 38.8 Å². The second-order valence-electron chi connectivity index (χ2n) is 6.96. The second-order valence-corrected chi connectivity index (χ2v) is 8.85. The van der Waals surface area contributed by atoms with Gasteiger partial charge in [0.1, 0.15) is 5.82 Å². The van der Waals surface area contributed by atoms with Crippen molar-refractivity contribution in [3.05, 3.63) is 12.0 Å². The van der Waals surface area contributed by atoms with Gasteiger partial charge in [0.15, 0.2) is 5.03 Å². The summed E-state index contributed by atoms with van der Waals surface area (Å²) in [7, 11) is 0.364. The lowest BCUT2D eigenvalue weighted by Crippen LogP contribution is -2.57. The van der Waals surface area contributed by atoms with Crippen LogP contribution in [-0.4, -0.2) is 59.9 Å². The summed E-state index contributed by atoms with van der Waals surface area (Å²) in [6, 6.07) is 0.200. The van der Waals surface area contributed by atoms with E-state index in [0.717, 1.165) is 6.54 Å². The molecule has 0 saturated carbocycles. The number of hydrogen-bond donors (Lipinski definition) is 0. The van der Waals surface area contributed by atoms with Crippen LogP contribution in [-0.2, 0) is 17.1 Å². The molecule has 0 bridgehead atoms. The van der Waals surface area contributed by atoms with Gasteiger partial charge in [0.2, 0.25) is 0 Å². The van der Waals surface area contributed by atoms with Crippen molar-refractivity contribution in [1.29, 1.82) is 0 Å². The molecule has 120 valence electrons. The molecule has 0 aliphatic carbocycles. The maximum absolute atomic E-state index is 12.8. The maximum Gasteiger partial charge on any atom is 0.262 e. The first-order valence-corrected chi connectivity index (χ1v) is 8.68. The molecule has 2 heterocycles. The minimum absolute atomic E-state index is 0.0307. The molecule has 1 unspecified atom stereocenters. The number of likely N-dealkylation sites (N-methyl/N-ethyl adjacent to an activating group) is 1. The minimum atomic E-state index is -3.51. The number of sulfonamides is 1. The summed E-state index contributed by atoms with van der Waals surface area (Å²) in [5.41, 5.74) is 0.0307. The fourth-order valence-electron chi connectivity index (χ4n) is 2.78.